The zero-order valence-electron chi connectivity index (χ0n) is 81.0. The Hall–Kier alpha value is -8.96. The SMILES string of the molecule is O=C(NCCC(=O)N1CCCCN(C(=O)CCNC(=O)[C@@H](O)[C@H](O)[C@@H](O[C@H]2O[C@H](CO)[C@@H](O)[C@H](O)[C@H]2O)[C@@H](O)CO)c2ccc(cc2)Cc2ccc(cc2)N(C(=O)CCNC(=O)[C@@H](O)[C@H](O)[C@@H](O[C@H]2O[C@H](CO)[C@@H](O)[C@H](O)[C@H]2O)[C@@H](O)CO)CCCCN(C(=O)CCNC(=O)[C@@H](O)[C@H](O)[C@@H](O[C@H]2O[C@H](CO)[C@@H](O)[C@H](O)[C@H]2O)[C@@H](O)CO)c2ccc(cc2)Cc2ccc1cc2)[C@@H](O)[C@H](O)[C@@H](O[C@H]1O[C@H](CO)[C@@H](O)[C@H](O)[C@H]1O)[C@@H](O)CO. The number of anilines is 4. The molecule has 0 radical (unpaired) electrons. The maximum absolute atomic E-state index is 14.8. The molecule has 4 fully saturated rings. The molecule has 36 atom stereocenters. The summed E-state index contributed by atoms with van der Waals surface area (Å²) in [7, 11) is 0. The number of amides is 8. The van der Waals surface area contributed by atoms with Gasteiger partial charge in [-0.25, -0.2) is 0 Å². The van der Waals surface area contributed by atoms with E-state index in [1.807, 2.05) is 0 Å². The Morgan fingerprint density at radius 2 is 0.440 bits per heavy atom. The molecule has 8 amide bonds. The number of aliphatic hydroxyl groups excluding tert-OH is 32. The molecule has 150 heavy (non-hydrogen) atoms. The molecule has 4 saturated heterocycles. The van der Waals surface area contributed by atoms with Gasteiger partial charge in [-0.2, -0.15) is 0 Å². The van der Waals surface area contributed by atoms with Crippen molar-refractivity contribution in [1.29, 1.82) is 0 Å². The number of ether oxygens (including phenoxy) is 8. The minimum absolute atomic E-state index is 0.0614. The molecule has 56 heteroatoms. The van der Waals surface area contributed by atoms with Crippen LogP contribution in [0.4, 0.5) is 22.7 Å². The second-order valence-corrected chi connectivity index (χ2v) is 36.7. The van der Waals surface area contributed by atoms with Gasteiger partial charge in [-0.3, -0.25) is 38.4 Å². The maximum atomic E-state index is 14.8. The van der Waals surface area contributed by atoms with Crippen LogP contribution in [0.1, 0.15) is 73.6 Å². The Morgan fingerprint density at radius 3 is 0.600 bits per heavy atom. The van der Waals surface area contributed by atoms with Gasteiger partial charge in [0.1, 0.15) is 171 Å². The molecule has 0 aromatic heterocycles. The summed E-state index contributed by atoms with van der Waals surface area (Å²) in [4.78, 5) is 119. The molecule has 56 nitrogen and oxygen atoms in total. The van der Waals surface area contributed by atoms with Gasteiger partial charge in [-0.1, -0.05) is 48.5 Å². The number of hydrogen-bond donors (Lipinski definition) is 36. The summed E-state index contributed by atoms with van der Waals surface area (Å²) in [5.41, 5.74) is 3.43. The molecule has 8 bridgehead atoms. The summed E-state index contributed by atoms with van der Waals surface area (Å²) >= 11 is 0. The number of carbonyl (C=O) groups excluding carboxylic acids is 8. The number of rotatable bonds is 44. The second-order valence-electron chi connectivity index (χ2n) is 36.7. The van der Waals surface area contributed by atoms with E-state index in [0.717, 1.165) is 0 Å². The highest BCUT2D eigenvalue weighted by Gasteiger charge is 2.54. The summed E-state index contributed by atoms with van der Waals surface area (Å²) in [6.07, 6.45) is -77.6. The van der Waals surface area contributed by atoms with Crippen LogP contribution in [-0.4, -0.2) is 536 Å². The van der Waals surface area contributed by atoms with Crippen molar-refractivity contribution in [2.24, 2.45) is 0 Å². The first-order valence-corrected chi connectivity index (χ1v) is 48.5. The predicted molar refractivity (Wildman–Crippen MR) is 505 cm³/mol. The van der Waals surface area contributed by atoms with Gasteiger partial charge >= 0.3 is 0 Å². The molecule has 11 aliphatic rings. The molecule has 15 rings (SSSR count). The number of benzene rings is 4. The van der Waals surface area contributed by atoms with Crippen LogP contribution in [-0.2, 0) is 89.1 Å². The van der Waals surface area contributed by atoms with Crippen molar-refractivity contribution < 1.29 is 240 Å². The van der Waals surface area contributed by atoms with Crippen LogP contribution in [0.15, 0.2) is 97.1 Å². The first-order chi connectivity index (χ1) is 71.3. The normalized spacial score (nSPS) is 28.7. The average Bonchev–Trinajstić information content (AvgIpc) is 0.808. The first-order valence-electron chi connectivity index (χ1n) is 48.5. The van der Waals surface area contributed by atoms with Gasteiger partial charge in [0.2, 0.25) is 23.6 Å². The van der Waals surface area contributed by atoms with Crippen LogP contribution in [0.5, 0.6) is 0 Å². The Kier molecular flexibility index (Phi) is 49.5. The fourth-order valence-corrected chi connectivity index (χ4v) is 17.1. The van der Waals surface area contributed by atoms with E-state index in [1.165, 1.54) is 19.6 Å². The minimum Gasteiger partial charge on any atom is -0.394 e. The van der Waals surface area contributed by atoms with E-state index in [1.54, 1.807) is 97.1 Å². The smallest absolute Gasteiger partial charge is 0.251 e. The highest BCUT2D eigenvalue weighted by Crippen LogP contribution is 2.34. The lowest BCUT2D eigenvalue weighted by Crippen LogP contribution is -2.62. The standard InChI is InChI=1S/C94H140N8O48/c103-35-51(111)83(147-91-79(135)67(123)63(119)55(39-107)143-91)71(127)75(131)87(139)95-25-21-59(115)99-29-1-2-30-100(60(116)22-26-96-88(140)76(132)72(128)84(52(112)36-104)148-92-80(136)68(124)64(120)56(40-108)144-92)48-15-7-44(8-16-48)34-46-11-19-50(20-12-46)102(62(118)24-28-98-90(142)78(134)74(130)86(54(114)38-106)150-94-82(138)70(126)66(122)58(42-110)146-94)32-4-3-31-101(49-17-9-45(10-18-49)33-43-5-13-47(99)14-6-43)61(117)23-27-97-89(141)77(133)73(129)85(53(113)37-105)149-93-81(137)69(125)65(121)57(41-109)145-93/h5-20,51-58,63-86,91-94,103-114,119-138H,1-4,21-42H2,(H,95,139)(H,96,140)(H,97,141)(H,98,142)/t51-,52-,53-,54-,55+,56+,57+,58+,63+,64+,65+,66+,67-,68-,69-,70-,71-,72-,73-,74-,75-,76-,77-,78-,79+,80+,81+,82+,83-,84-,85-,86-,91+,92+,93+,94+/m0/s1. The molecule has 11 heterocycles. The molecule has 36 N–H and O–H groups in total. The molecule has 0 saturated carbocycles. The van der Waals surface area contributed by atoms with E-state index in [4.69, 9.17) is 37.9 Å². The van der Waals surface area contributed by atoms with E-state index < -0.39 is 372 Å². The summed E-state index contributed by atoms with van der Waals surface area (Å²) in [6, 6.07) is 25.8. The Balaban J connectivity index is 1.00. The molecular formula is C94H140N8O48. The lowest BCUT2D eigenvalue weighted by atomic mass is 9.98. The van der Waals surface area contributed by atoms with Gasteiger partial charge in [0, 0.05) is 101 Å². The van der Waals surface area contributed by atoms with E-state index in [0.29, 0.717) is 22.3 Å². The van der Waals surface area contributed by atoms with Crippen LogP contribution in [0.2, 0.25) is 0 Å². The van der Waals surface area contributed by atoms with Crippen LogP contribution >= 0.6 is 0 Å². The minimum atomic E-state index is -2.54. The first kappa shape index (κ1) is 125. The van der Waals surface area contributed by atoms with E-state index in [2.05, 4.69) is 21.3 Å². The van der Waals surface area contributed by atoms with Gasteiger partial charge in [-0.05, 0) is 109 Å². The highest BCUT2D eigenvalue weighted by molar-refractivity contribution is 5.97. The third kappa shape index (κ3) is 32.6. The van der Waals surface area contributed by atoms with Crippen molar-refractivity contribution >= 4 is 70.0 Å². The topological polar surface area (TPSA) is 919 Å². The molecular weight excluding hydrogens is 2010 g/mol. The van der Waals surface area contributed by atoms with Crippen molar-refractivity contribution in [1.82, 2.24) is 21.3 Å². The third-order valence-corrected chi connectivity index (χ3v) is 26.1. The number of aliphatic hydroxyl groups is 32. The molecule has 0 aliphatic carbocycles. The summed E-state index contributed by atoms with van der Waals surface area (Å²) in [6.45, 7) is -11.4. The van der Waals surface area contributed by atoms with Gasteiger partial charge in [0.05, 0.1) is 52.9 Å². The van der Waals surface area contributed by atoms with Crippen LogP contribution in [0, 0.1) is 0 Å². The van der Waals surface area contributed by atoms with Gasteiger partial charge in [0.25, 0.3) is 23.6 Å². The van der Waals surface area contributed by atoms with Crippen LogP contribution in [0.25, 0.3) is 0 Å². The number of nitrogens with zero attached hydrogens (tertiary/aromatic N) is 4. The number of nitrogens with one attached hydrogen (secondary N) is 4. The lowest BCUT2D eigenvalue weighted by Gasteiger charge is -2.42. The lowest BCUT2D eigenvalue weighted by molar-refractivity contribution is -0.326. The molecule has 0 unspecified atom stereocenters. The van der Waals surface area contributed by atoms with Crippen molar-refractivity contribution in [2.45, 2.75) is 285 Å². The zero-order chi connectivity index (χ0) is 111. The molecule has 0 spiro atoms. The predicted octanol–water partition coefficient (Wildman–Crippen LogP) is -17.5. The van der Waals surface area contributed by atoms with Crippen molar-refractivity contribution in [3.8, 4) is 0 Å². The maximum Gasteiger partial charge on any atom is 0.251 e. The van der Waals surface area contributed by atoms with Gasteiger partial charge in [-0.15, -0.1) is 0 Å². The summed E-state index contributed by atoms with van der Waals surface area (Å²) in [5.74, 6) is -8.25. The quantitative estimate of drug-likeness (QED) is 0.0195. The molecule has 4 aromatic rings. The largest absolute Gasteiger partial charge is 0.394 e. The van der Waals surface area contributed by atoms with Crippen molar-refractivity contribution in [3.63, 3.8) is 0 Å². The van der Waals surface area contributed by atoms with Crippen LogP contribution in [0.3, 0.4) is 0 Å². The van der Waals surface area contributed by atoms with Gasteiger partial charge < -0.3 is 242 Å². The molecule has 4 aromatic carbocycles. The Morgan fingerprint density at radius 1 is 0.267 bits per heavy atom. The number of carbonyl (C=O) groups is 8. The van der Waals surface area contributed by atoms with Crippen LogP contribution < -0.4 is 40.9 Å². The number of hydrogen-bond acceptors (Lipinski definition) is 48. The molecule has 11 aliphatic heterocycles. The van der Waals surface area contributed by atoms with E-state index in [-0.39, 0.29) is 87.5 Å². The van der Waals surface area contributed by atoms with Crippen molar-refractivity contribution in [2.75, 3.05) is 125 Å². The van der Waals surface area contributed by atoms with Crippen molar-refractivity contribution in [3.05, 3.63) is 119 Å². The fraction of sp³-hybridized carbons (Fsp3) is 0.660. The Labute approximate surface area is 856 Å². The monoisotopic (exact) mass is 2150 g/mol. The Bertz CT molecular complexity index is 4220. The van der Waals surface area contributed by atoms with Gasteiger partial charge in [0.15, 0.2) is 49.6 Å². The van der Waals surface area contributed by atoms with E-state index >= 15 is 0 Å². The highest BCUT2D eigenvalue weighted by atomic mass is 16.7. The fourth-order valence-electron chi connectivity index (χ4n) is 17.1. The summed E-state index contributed by atoms with van der Waals surface area (Å²) in [5, 5.41) is 346. The average molecular weight is 2150 g/mol. The second kappa shape index (κ2) is 59.6. The zero-order valence-corrected chi connectivity index (χ0v) is 81.0. The van der Waals surface area contributed by atoms with E-state index in [9.17, 15) is 202 Å². The summed E-state index contributed by atoms with van der Waals surface area (Å²) < 4.78 is 43.0. The molecule has 844 valence electrons. The third-order valence-electron chi connectivity index (χ3n) is 26.1.